The van der Waals surface area contributed by atoms with Gasteiger partial charge in [-0.1, -0.05) is 36.4 Å². The van der Waals surface area contributed by atoms with Gasteiger partial charge < -0.3 is 4.57 Å². The topological polar surface area (TPSA) is 22.0 Å². The largest absolute Gasteiger partial charge is 0.345 e. The Morgan fingerprint density at radius 3 is 2.67 bits per heavy atom. The second-order valence-corrected chi connectivity index (χ2v) is 6.07. The van der Waals surface area contributed by atoms with Crippen LogP contribution in [0.3, 0.4) is 0 Å². The highest BCUT2D eigenvalue weighted by molar-refractivity contribution is 7.99. The third-order valence-corrected chi connectivity index (χ3v) is 4.53. The molecule has 1 heterocycles. The lowest BCUT2D eigenvalue weighted by Gasteiger charge is -2.06. The summed E-state index contributed by atoms with van der Waals surface area (Å²) in [5.41, 5.74) is 4.25. The monoisotopic (exact) mass is 299 g/mol. The summed E-state index contributed by atoms with van der Waals surface area (Å²) < 4.78 is 2.13. The fraction of sp³-hybridized carbons (Fsp3) is 0.278. The second kappa shape index (κ2) is 7.32. The van der Waals surface area contributed by atoms with Gasteiger partial charge in [0.2, 0.25) is 0 Å². The third-order valence-electron chi connectivity index (χ3n) is 3.53. The van der Waals surface area contributed by atoms with Crippen LogP contribution in [0, 0.1) is 13.8 Å². The Hall–Kier alpha value is -1.74. The molecule has 0 aliphatic carbocycles. The minimum Gasteiger partial charge on any atom is -0.345 e. The molecule has 0 spiro atoms. The molecular formula is C18H21NOS. The zero-order chi connectivity index (χ0) is 15.2. The normalized spacial score (nSPS) is 10.6. The number of hydrogen-bond donors (Lipinski definition) is 0. The molecule has 2 aromatic rings. The number of carbonyl (C=O) groups is 1. The van der Waals surface area contributed by atoms with Gasteiger partial charge in [-0.25, -0.2) is 0 Å². The maximum Gasteiger partial charge on any atom is 0.174 e. The van der Waals surface area contributed by atoms with Gasteiger partial charge in [0.15, 0.2) is 5.78 Å². The van der Waals surface area contributed by atoms with Crippen LogP contribution in [-0.2, 0) is 12.3 Å². The minimum absolute atomic E-state index is 0.208. The number of aromatic nitrogens is 1. The highest BCUT2D eigenvalue weighted by Crippen LogP contribution is 2.19. The summed E-state index contributed by atoms with van der Waals surface area (Å²) >= 11 is 1.67. The maximum absolute atomic E-state index is 12.4. The Kier molecular flexibility index (Phi) is 5.45. The molecule has 0 aliphatic rings. The lowest BCUT2D eigenvalue weighted by molar-refractivity contribution is 0.102. The van der Waals surface area contributed by atoms with E-state index in [0.717, 1.165) is 29.2 Å². The van der Waals surface area contributed by atoms with Crippen molar-refractivity contribution in [2.45, 2.75) is 26.1 Å². The van der Waals surface area contributed by atoms with Crippen LogP contribution in [0.1, 0.15) is 27.3 Å². The van der Waals surface area contributed by atoms with Crippen molar-refractivity contribution >= 4 is 17.5 Å². The first kappa shape index (κ1) is 15.6. The summed E-state index contributed by atoms with van der Waals surface area (Å²) in [6.45, 7) is 8.56. The highest BCUT2D eigenvalue weighted by atomic mass is 32.2. The molecule has 0 bridgehead atoms. The smallest absolute Gasteiger partial charge is 0.174 e. The zero-order valence-electron chi connectivity index (χ0n) is 12.6. The van der Waals surface area contributed by atoms with Crippen LogP contribution >= 0.6 is 11.8 Å². The third kappa shape index (κ3) is 3.88. The number of nitrogens with zero attached hydrogens (tertiary/aromatic N) is 1. The van der Waals surface area contributed by atoms with E-state index in [1.54, 1.807) is 11.8 Å². The Labute approximate surface area is 130 Å². The van der Waals surface area contributed by atoms with Crippen LogP contribution < -0.4 is 0 Å². The summed E-state index contributed by atoms with van der Waals surface area (Å²) in [4.78, 5) is 12.4. The number of hydrogen-bond acceptors (Lipinski definition) is 2. The van der Waals surface area contributed by atoms with Crippen molar-refractivity contribution in [3.8, 4) is 0 Å². The van der Waals surface area contributed by atoms with Crippen LogP contribution in [0.25, 0.3) is 0 Å². The molecule has 0 amide bonds. The van der Waals surface area contributed by atoms with Crippen LogP contribution in [0.15, 0.2) is 49.1 Å². The fourth-order valence-electron chi connectivity index (χ4n) is 2.41. The fourth-order valence-corrected chi connectivity index (χ4v) is 3.28. The van der Waals surface area contributed by atoms with Gasteiger partial charge in [0, 0.05) is 29.2 Å². The van der Waals surface area contributed by atoms with Crippen molar-refractivity contribution in [3.05, 3.63) is 71.6 Å². The molecule has 0 saturated carbocycles. The molecule has 0 unspecified atom stereocenters. The van der Waals surface area contributed by atoms with E-state index >= 15 is 0 Å². The van der Waals surface area contributed by atoms with E-state index in [1.807, 2.05) is 44.2 Å². The number of thioether (sulfide) groups is 1. The SMILES string of the molecule is C=CCn1c(C)cc(C(=O)CSCc2ccccc2)c1C. The van der Waals surface area contributed by atoms with Gasteiger partial charge in [-0.2, -0.15) is 0 Å². The molecule has 3 heteroatoms. The summed E-state index contributed by atoms with van der Waals surface area (Å²) in [5.74, 6) is 1.60. The number of rotatable bonds is 7. The lowest BCUT2D eigenvalue weighted by Crippen LogP contribution is -2.06. The molecule has 0 fully saturated rings. The average Bonchev–Trinajstić information content (AvgIpc) is 2.77. The maximum atomic E-state index is 12.4. The van der Waals surface area contributed by atoms with E-state index in [0.29, 0.717) is 5.75 Å². The Morgan fingerprint density at radius 1 is 1.29 bits per heavy atom. The van der Waals surface area contributed by atoms with Crippen molar-refractivity contribution in [3.63, 3.8) is 0 Å². The molecule has 21 heavy (non-hydrogen) atoms. The molecule has 0 aliphatic heterocycles. The summed E-state index contributed by atoms with van der Waals surface area (Å²) in [6.07, 6.45) is 1.86. The molecule has 0 atom stereocenters. The van der Waals surface area contributed by atoms with Crippen LogP contribution in [0.5, 0.6) is 0 Å². The molecule has 0 N–H and O–H groups in total. The van der Waals surface area contributed by atoms with E-state index in [1.165, 1.54) is 5.56 Å². The summed E-state index contributed by atoms with van der Waals surface area (Å²) in [5, 5.41) is 0. The molecule has 2 rings (SSSR count). The van der Waals surface area contributed by atoms with Crippen LogP contribution in [0.4, 0.5) is 0 Å². The molecule has 2 nitrogen and oxygen atoms in total. The van der Waals surface area contributed by atoms with Gasteiger partial charge in [0.1, 0.15) is 0 Å². The quantitative estimate of drug-likeness (QED) is 0.558. The Bertz CT molecular complexity index is 628. The van der Waals surface area contributed by atoms with E-state index in [9.17, 15) is 4.79 Å². The second-order valence-electron chi connectivity index (χ2n) is 5.09. The molecule has 0 radical (unpaired) electrons. The first-order chi connectivity index (χ1) is 10.1. The number of ketones is 1. The average molecular weight is 299 g/mol. The molecule has 0 saturated heterocycles. The Balaban J connectivity index is 1.97. The number of Topliss-reactive ketones (excluding diaryl/α,β-unsaturated/α-hetero) is 1. The summed E-state index contributed by atoms with van der Waals surface area (Å²) in [6, 6.07) is 12.2. The first-order valence-electron chi connectivity index (χ1n) is 7.06. The van der Waals surface area contributed by atoms with Crippen molar-refractivity contribution in [1.29, 1.82) is 0 Å². The van der Waals surface area contributed by atoms with Gasteiger partial charge in [-0.15, -0.1) is 18.3 Å². The first-order valence-corrected chi connectivity index (χ1v) is 8.21. The minimum atomic E-state index is 0.208. The van der Waals surface area contributed by atoms with Crippen LogP contribution in [-0.4, -0.2) is 16.1 Å². The molecule has 1 aromatic heterocycles. The number of aryl methyl sites for hydroxylation is 1. The Morgan fingerprint density at radius 2 is 2.00 bits per heavy atom. The van der Waals surface area contributed by atoms with E-state index in [2.05, 4.69) is 23.3 Å². The van der Waals surface area contributed by atoms with E-state index in [-0.39, 0.29) is 5.78 Å². The van der Waals surface area contributed by atoms with Gasteiger partial charge in [-0.05, 0) is 25.5 Å². The zero-order valence-corrected chi connectivity index (χ0v) is 13.5. The van der Waals surface area contributed by atoms with Crippen molar-refractivity contribution < 1.29 is 4.79 Å². The predicted molar refractivity (Wildman–Crippen MR) is 91.0 cm³/mol. The molecular weight excluding hydrogens is 278 g/mol. The van der Waals surface area contributed by atoms with Gasteiger partial charge in [0.05, 0.1) is 5.75 Å². The van der Waals surface area contributed by atoms with Crippen molar-refractivity contribution in [2.75, 3.05) is 5.75 Å². The molecule has 110 valence electrons. The number of benzene rings is 1. The van der Waals surface area contributed by atoms with E-state index in [4.69, 9.17) is 0 Å². The van der Waals surface area contributed by atoms with Crippen LogP contribution in [0.2, 0.25) is 0 Å². The highest BCUT2D eigenvalue weighted by Gasteiger charge is 2.14. The van der Waals surface area contributed by atoms with Crippen molar-refractivity contribution in [2.24, 2.45) is 0 Å². The van der Waals surface area contributed by atoms with Gasteiger partial charge in [0.25, 0.3) is 0 Å². The van der Waals surface area contributed by atoms with Crippen molar-refractivity contribution in [1.82, 2.24) is 4.57 Å². The standard InChI is InChI=1S/C18H21NOS/c1-4-10-19-14(2)11-17(15(19)3)18(20)13-21-12-16-8-6-5-7-9-16/h4-9,11H,1,10,12-13H2,2-3H3. The number of carbonyl (C=O) groups excluding carboxylic acids is 1. The van der Waals surface area contributed by atoms with Gasteiger partial charge >= 0.3 is 0 Å². The predicted octanol–water partition coefficient (Wildman–Crippen LogP) is 4.41. The summed E-state index contributed by atoms with van der Waals surface area (Å²) in [7, 11) is 0. The number of allylic oxidation sites excluding steroid dienone is 1. The molecule has 1 aromatic carbocycles. The van der Waals surface area contributed by atoms with E-state index < -0.39 is 0 Å². The van der Waals surface area contributed by atoms with Gasteiger partial charge in [-0.3, -0.25) is 4.79 Å². The lowest BCUT2D eigenvalue weighted by atomic mass is 10.2.